The molecule has 1 saturated carbocycles. The second-order valence-corrected chi connectivity index (χ2v) is 12.3. The fourth-order valence-corrected chi connectivity index (χ4v) is 7.39. The fraction of sp³-hybridized carbons (Fsp3) is 0.375. The summed E-state index contributed by atoms with van der Waals surface area (Å²) in [4.78, 5) is 46.6. The number of hydrogen-bond donors (Lipinski definition) is 3. The van der Waals surface area contributed by atoms with Gasteiger partial charge in [0.2, 0.25) is 17.7 Å². The monoisotopic (exact) mass is 571 g/mol. The third-order valence-corrected chi connectivity index (χ3v) is 9.70. The smallest absolute Gasteiger partial charge is 0.244 e. The Labute approximate surface area is 241 Å². The molecule has 42 heavy (non-hydrogen) atoms. The zero-order valence-corrected chi connectivity index (χ0v) is 23.2. The summed E-state index contributed by atoms with van der Waals surface area (Å²) in [5.74, 6) is -2.23. The average molecular weight is 572 g/mol. The van der Waals surface area contributed by atoms with E-state index < -0.39 is 34.0 Å². The molecule has 3 N–H and O–H groups in total. The van der Waals surface area contributed by atoms with E-state index in [-0.39, 0.29) is 30.5 Å². The second kappa shape index (κ2) is 9.42. The predicted molar refractivity (Wildman–Crippen MR) is 152 cm³/mol. The number of carbonyl (C=O) groups excluding carboxylic acids is 3. The Bertz CT molecular complexity index is 1630. The number of hydrogen-bond acceptors (Lipinski definition) is 5. The van der Waals surface area contributed by atoms with Crippen LogP contribution in [0, 0.1) is 11.6 Å². The summed E-state index contributed by atoms with van der Waals surface area (Å²) >= 11 is 0. The number of nitrogens with zero attached hydrogens (tertiary/aromatic N) is 2. The van der Waals surface area contributed by atoms with E-state index in [2.05, 4.69) is 20.9 Å². The molecule has 0 bridgehead atoms. The highest BCUT2D eigenvalue weighted by Crippen LogP contribution is 2.47. The van der Waals surface area contributed by atoms with Crippen LogP contribution in [-0.4, -0.2) is 46.2 Å². The van der Waals surface area contributed by atoms with Crippen molar-refractivity contribution < 1.29 is 23.2 Å². The topological polar surface area (TPSA) is 103 Å². The van der Waals surface area contributed by atoms with Gasteiger partial charge in [-0.25, -0.2) is 8.78 Å². The Hall–Kier alpha value is -4.18. The van der Waals surface area contributed by atoms with E-state index in [1.54, 1.807) is 13.1 Å². The molecular weight excluding hydrogens is 540 g/mol. The minimum Gasteiger partial charge on any atom is -0.325 e. The van der Waals surface area contributed by atoms with Crippen LogP contribution in [0.2, 0.25) is 0 Å². The highest BCUT2D eigenvalue weighted by atomic mass is 19.1. The van der Waals surface area contributed by atoms with Crippen LogP contribution in [0.25, 0.3) is 0 Å². The van der Waals surface area contributed by atoms with Gasteiger partial charge in [0.05, 0.1) is 28.4 Å². The Morgan fingerprint density at radius 3 is 2.55 bits per heavy atom. The first-order valence-electron chi connectivity index (χ1n) is 14.3. The molecule has 216 valence electrons. The van der Waals surface area contributed by atoms with Crippen molar-refractivity contribution in [3.8, 4) is 0 Å². The number of rotatable bonds is 4. The van der Waals surface area contributed by atoms with Gasteiger partial charge in [-0.15, -0.1) is 0 Å². The van der Waals surface area contributed by atoms with Gasteiger partial charge >= 0.3 is 0 Å². The van der Waals surface area contributed by atoms with Gasteiger partial charge in [0.15, 0.2) is 0 Å². The van der Waals surface area contributed by atoms with E-state index in [4.69, 9.17) is 0 Å². The largest absolute Gasteiger partial charge is 0.325 e. The van der Waals surface area contributed by atoms with E-state index in [9.17, 15) is 23.2 Å². The van der Waals surface area contributed by atoms with E-state index in [1.807, 2.05) is 30.3 Å². The van der Waals surface area contributed by atoms with Gasteiger partial charge < -0.3 is 20.9 Å². The van der Waals surface area contributed by atoms with Crippen molar-refractivity contribution in [3.05, 3.63) is 88.7 Å². The molecule has 2 aromatic carbocycles. The van der Waals surface area contributed by atoms with Gasteiger partial charge in [-0.05, 0) is 67.1 Å². The number of fused-ring (bicyclic) bond motifs is 3. The lowest BCUT2D eigenvalue weighted by atomic mass is 9.79. The lowest BCUT2D eigenvalue weighted by Gasteiger charge is -2.51. The van der Waals surface area contributed by atoms with E-state index in [0.717, 1.165) is 41.4 Å². The molecule has 4 aliphatic rings. The Morgan fingerprint density at radius 2 is 1.79 bits per heavy atom. The predicted octanol–water partition coefficient (Wildman–Crippen LogP) is 3.95. The maximum Gasteiger partial charge on any atom is 0.244 e. The van der Waals surface area contributed by atoms with Crippen molar-refractivity contribution in [2.24, 2.45) is 0 Å². The number of amides is 3. The minimum atomic E-state index is -1.16. The summed E-state index contributed by atoms with van der Waals surface area (Å²) in [6, 6.07) is 12.7. The first-order valence-corrected chi connectivity index (χ1v) is 14.3. The second-order valence-electron chi connectivity index (χ2n) is 12.3. The van der Waals surface area contributed by atoms with Crippen LogP contribution in [0.5, 0.6) is 0 Å². The molecule has 0 radical (unpaired) electrons. The molecule has 3 heterocycles. The Kier molecular flexibility index (Phi) is 5.99. The van der Waals surface area contributed by atoms with Gasteiger partial charge in [-0.1, -0.05) is 31.0 Å². The Morgan fingerprint density at radius 1 is 1.05 bits per heavy atom. The molecule has 2 spiro atoms. The van der Waals surface area contributed by atoms with E-state index >= 15 is 0 Å². The maximum atomic E-state index is 14.3. The van der Waals surface area contributed by atoms with Crippen LogP contribution in [0.4, 0.5) is 20.2 Å². The van der Waals surface area contributed by atoms with Crippen molar-refractivity contribution >= 4 is 29.1 Å². The molecule has 8 nitrogen and oxygen atoms in total. The highest BCUT2D eigenvalue weighted by Gasteiger charge is 2.54. The summed E-state index contributed by atoms with van der Waals surface area (Å²) in [7, 11) is 0. The van der Waals surface area contributed by atoms with Gasteiger partial charge in [-0.2, -0.15) is 0 Å². The van der Waals surface area contributed by atoms with Crippen LogP contribution in [-0.2, 0) is 38.2 Å². The molecule has 2 aliphatic heterocycles. The Balaban J connectivity index is 1.14. The van der Waals surface area contributed by atoms with Crippen molar-refractivity contribution in [2.75, 3.05) is 23.7 Å². The summed E-state index contributed by atoms with van der Waals surface area (Å²) in [5, 5.41) is 9.24. The number of para-hydroxylation sites is 1. The summed E-state index contributed by atoms with van der Waals surface area (Å²) in [5.41, 5.74) is 1.52. The molecule has 1 saturated heterocycles. The number of halogens is 2. The first kappa shape index (κ1) is 26.7. The number of aromatic nitrogens is 1. The molecule has 3 aromatic rings. The third-order valence-electron chi connectivity index (χ3n) is 9.70. The summed E-state index contributed by atoms with van der Waals surface area (Å²) in [6.45, 7) is 1.68. The van der Waals surface area contributed by atoms with E-state index in [0.29, 0.717) is 31.4 Å². The molecule has 1 aromatic heterocycles. The average Bonchev–Trinajstić information content (AvgIpc) is 3.65. The first-order chi connectivity index (χ1) is 20.1. The third kappa shape index (κ3) is 4.03. The van der Waals surface area contributed by atoms with Crippen molar-refractivity contribution in [3.63, 3.8) is 0 Å². The maximum absolute atomic E-state index is 14.3. The van der Waals surface area contributed by atoms with Crippen molar-refractivity contribution in [2.45, 2.75) is 61.9 Å². The van der Waals surface area contributed by atoms with Crippen LogP contribution in [0.1, 0.15) is 55.0 Å². The number of nitrogens with one attached hydrogen (secondary N) is 3. The van der Waals surface area contributed by atoms with Gasteiger partial charge in [0.25, 0.3) is 0 Å². The molecule has 10 heteroatoms. The molecular formula is C32H31F2N5O3. The molecule has 2 atom stereocenters. The molecule has 2 fully saturated rings. The number of piperazine rings is 1. The molecule has 3 amide bonds. The summed E-state index contributed by atoms with van der Waals surface area (Å²) in [6.07, 6.45) is 5.55. The van der Waals surface area contributed by atoms with Gasteiger partial charge in [-0.3, -0.25) is 19.4 Å². The van der Waals surface area contributed by atoms with E-state index in [1.165, 1.54) is 17.0 Å². The van der Waals surface area contributed by atoms with Crippen LogP contribution in [0.15, 0.2) is 54.7 Å². The standard InChI is InChI=1S/C32H31F2N5O3/c1-30(20-11-21(33)13-22(34)12-20)18-36-32(8-4-5-9-32)29(42)39(30)17-27(40)37-23-10-19-14-31(15-26(19)35-16-23)24-6-2-3-7-25(24)38-28(31)41/h2-3,6-7,10-13,16,36H,4-5,8-9,14-15,17-18H2,1H3,(H,37,40)(H,38,41)/t30-,31?/m0/s1. The lowest BCUT2D eigenvalue weighted by molar-refractivity contribution is -0.153. The van der Waals surface area contributed by atoms with Gasteiger partial charge in [0.1, 0.15) is 18.2 Å². The van der Waals surface area contributed by atoms with Crippen molar-refractivity contribution in [1.82, 2.24) is 15.2 Å². The van der Waals surface area contributed by atoms with Crippen LogP contribution < -0.4 is 16.0 Å². The SMILES string of the molecule is C[C@@]1(c2cc(F)cc(F)c2)CNC2(CCCC2)C(=O)N1CC(=O)Nc1cnc2c(c1)CC1(C2)C(=O)Nc2ccccc21. The molecule has 7 rings (SSSR count). The number of anilines is 2. The number of carbonyl (C=O) groups is 3. The van der Waals surface area contributed by atoms with Crippen molar-refractivity contribution in [1.29, 1.82) is 0 Å². The highest BCUT2D eigenvalue weighted by molar-refractivity contribution is 6.07. The number of pyridine rings is 1. The zero-order valence-electron chi connectivity index (χ0n) is 23.2. The summed E-state index contributed by atoms with van der Waals surface area (Å²) < 4.78 is 28.5. The number of benzene rings is 2. The fourth-order valence-electron chi connectivity index (χ4n) is 7.39. The van der Waals surface area contributed by atoms with Crippen LogP contribution >= 0.6 is 0 Å². The van der Waals surface area contributed by atoms with Crippen LogP contribution in [0.3, 0.4) is 0 Å². The normalized spacial score (nSPS) is 25.5. The quantitative estimate of drug-likeness (QED) is 0.440. The minimum absolute atomic E-state index is 0.0570. The van der Waals surface area contributed by atoms with Gasteiger partial charge in [0, 0.05) is 30.4 Å². The molecule has 2 aliphatic carbocycles. The lowest BCUT2D eigenvalue weighted by Crippen LogP contribution is -2.71. The molecule has 1 unspecified atom stereocenters. The zero-order chi connectivity index (χ0) is 29.3.